The van der Waals surface area contributed by atoms with Crippen molar-refractivity contribution in [3.8, 4) is 5.75 Å². The molecule has 3 aromatic carbocycles. The molecule has 0 saturated carbocycles. The van der Waals surface area contributed by atoms with Gasteiger partial charge in [-0.3, -0.25) is 0 Å². The molecule has 1 N–H and O–H groups in total. The third-order valence-electron chi connectivity index (χ3n) is 6.15. The minimum absolute atomic E-state index is 0.0775. The van der Waals surface area contributed by atoms with Gasteiger partial charge >= 0.3 is 218 Å². The van der Waals surface area contributed by atoms with E-state index in [1.54, 1.807) is 7.11 Å². The average Bonchev–Trinajstić information content (AvgIpc) is 3.22. The van der Waals surface area contributed by atoms with Crippen LogP contribution in [-0.4, -0.2) is 47.3 Å². The van der Waals surface area contributed by atoms with Crippen LogP contribution in [0.25, 0.3) is 17.0 Å². The molecule has 5 rings (SSSR count). The molecule has 0 fully saturated rings. The van der Waals surface area contributed by atoms with E-state index in [9.17, 15) is 13.0 Å². The molecule has 0 bridgehead atoms. The second-order valence-electron chi connectivity index (χ2n) is 8.60. The van der Waals surface area contributed by atoms with E-state index < -0.39 is 10.1 Å². The summed E-state index contributed by atoms with van der Waals surface area (Å²) in [6.45, 7) is 1.24. The van der Waals surface area contributed by atoms with Crippen molar-refractivity contribution in [2.75, 3.05) is 24.3 Å². The molecule has 0 unspecified atom stereocenters. The van der Waals surface area contributed by atoms with Crippen LogP contribution < -0.4 is 18.7 Å². The Morgan fingerprint density at radius 2 is 1.78 bits per heavy atom. The summed E-state index contributed by atoms with van der Waals surface area (Å²) in [6, 6.07) is 29.0. The summed E-state index contributed by atoms with van der Waals surface area (Å²) in [7, 11) is -2.32. The van der Waals surface area contributed by atoms with Gasteiger partial charge in [0.2, 0.25) is 0 Å². The third-order valence-corrected chi connectivity index (χ3v) is 9.29. The molecule has 184 valence electrons. The number of fused-ring (bicyclic) bond motifs is 2. The Morgan fingerprint density at radius 3 is 2.56 bits per heavy atom. The minimum atomic E-state index is -4.00. The Kier molecular flexibility index (Phi) is 7.12. The number of methoxy groups -OCH3 is 1. The molecule has 2 heterocycles. The second kappa shape index (κ2) is 10.4. The predicted octanol–water partition coefficient (Wildman–Crippen LogP) is 3.61. The standard InChI is InChI=1S/C28H26N2O4SSe/c1-34-24-14-15-25-22(18-24)12-13-23(30(25)20-21-8-3-2-4-9-21)19-28-29(16-7-17-35(31,32)33)26-10-5-6-11-27(26)36-28/h2-6,8-15,18-19H,7,16-17,20H2,1H3/p+1. The molecule has 1 aliphatic heterocycles. The number of para-hydroxylation sites is 1. The Balaban J connectivity index is 1.58. The zero-order valence-corrected chi connectivity index (χ0v) is 22.4. The molecule has 0 spiro atoms. The van der Waals surface area contributed by atoms with Gasteiger partial charge in [0.05, 0.1) is 0 Å². The molecule has 8 heteroatoms. The molecular weight excluding hydrogens is 539 g/mol. The van der Waals surface area contributed by atoms with Crippen LogP contribution >= 0.6 is 0 Å². The monoisotopic (exact) mass is 567 g/mol. The molecule has 0 atom stereocenters. The molecule has 0 radical (unpaired) electrons. The fourth-order valence-corrected chi connectivity index (χ4v) is 7.31. The number of anilines is 1. The van der Waals surface area contributed by atoms with E-state index in [0.29, 0.717) is 19.5 Å². The van der Waals surface area contributed by atoms with E-state index in [2.05, 4.69) is 70.1 Å². The molecule has 0 saturated heterocycles. The van der Waals surface area contributed by atoms with Crippen molar-refractivity contribution in [3.05, 3.63) is 101 Å². The summed E-state index contributed by atoms with van der Waals surface area (Å²) < 4.78 is 42.1. The van der Waals surface area contributed by atoms with Crippen LogP contribution in [0.2, 0.25) is 0 Å². The van der Waals surface area contributed by atoms with Crippen LogP contribution in [0.4, 0.5) is 5.69 Å². The molecular formula is C28H27N2O4SSe+. The maximum absolute atomic E-state index is 11.3. The second-order valence-corrected chi connectivity index (χ2v) is 12.4. The molecule has 0 amide bonds. The van der Waals surface area contributed by atoms with Crippen molar-refractivity contribution in [1.29, 1.82) is 0 Å². The first-order valence-corrected chi connectivity index (χ1v) is 15.0. The van der Waals surface area contributed by atoms with E-state index in [0.717, 1.165) is 32.6 Å². The van der Waals surface area contributed by atoms with Gasteiger partial charge in [0.15, 0.2) is 0 Å². The molecule has 0 aliphatic carbocycles. The molecule has 36 heavy (non-hydrogen) atoms. The van der Waals surface area contributed by atoms with Gasteiger partial charge in [-0.2, -0.15) is 0 Å². The van der Waals surface area contributed by atoms with Gasteiger partial charge in [0.25, 0.3) is 0 Å². The molecule has 4 aromatic rings. The van der Waals surface area contributed by atoms with Crippen molar-refractivity contribution in [1.82, 2.24) is 0 Å². The van der Waals surface area contributed by atoms with Crippen LogP contribution in [-0.2, 0) is 16.7 Å². The van der Waals surface area contributed by atoms with Gasteiger partial charge in [-0.1, -0.05) is 0 Å². The normalized spacial score (nSPS) is 14.4. The van der Waals surface area contributed by atoms with E-state index in [-0.39, 0.29) is 20.7 Å². The number of benzene rings is 3. The number of rotatable bonds is 8. The van der Waals surface area contributed by atoms with Crippen molar-refractivity contribution < 1.29 is 22.3 Å². The van der Waals surface area contributed by atoms with E-state index in [1.165, 1.54) is 10.0 Å². The zero-order valence-electron chi connectivity index (χ0n) is 19.9. The number of hydrogen-bond donors (Lipinski definition) is 1. The number of aromatic nitrogens is 1. The Labute approximate surface area is 217 Å². The van der Waals surface area contributed by atoms with Gasteiger partial charge in [-0.25, -0.2) is 0 Å². The summed E-state index contributed by atoms with van der Waals surface area (Å²) in [5, 5.41) is 1.10. The molecule has 6 nitrogen and oxygen atoms in total. The van der Waals surface area contributed by atoms with E-state index in [1.807, 2.05) is 30.3 Å². The van der Waals surface area contributed by atoms with E-state index >= 15 is 0 Å². The SMILES string of the molecule is COc1ccc2c(ccc(/C=C3/[Se]c4ccccc4N3CCCS(=O)(=O)O)[n+]2Cc2ccccc2)c1. The molecule has 1 aliphatic rings. The summed E-state index contributed by atoms with van der Waals surface area (Å²) in [5.74, 6) is 0.567. The Hall–Kier alpha value is -3.16. The van der Waals surface area contributed by atoms with Crippen molar-refractivity contribution in [2.24, 2.45) is 0 Å². The topological polar surface area (TPSA) is 70.7 Å². The first-order chi connectivity index (χ1) is 17.4. The summed E-state index contributed by atoms with van der Waals surface area (Å²) >= 11 is 0.0775. The van der Waals surface area contributed by atoms with Crippen molar-refractivity contribution >= 4 is 52.2 Å². The maximum atomic E-state index is 11.3. The fourth-order valence-electron chi connectivity index (χ4n) is 4.43. The first-order valence-electron chi connectivity index (χ1n) is 11.7. The summed E-state index contributed by atoms with van der Waals surface area (Å²) in [4.78, 5) is 2.20. The zero-order chi connectivity index (χ0) is 25.1. The van der Waals surface area contributed by atoms with Crippen LogP contribution in [0.5, 0.6) is 5.75 Å². The van der Waals surface area contributed by atoms with Gasteiger partial charge < -0.3 is 0 Å². The number of pyridine rings is 1. The van der Waals surface area contributed by atoms with Crippen LogP contribution in [0.1, 0.15) is 17.7 Å². The summed E-state index contributed by atoms with van der Waals surface area (Å²) in [5.41, 5.74) is 4.49. The van der Waals surface area contributed by atoms with E-state index in [4.69, 9.17) is 4.74 Å². The average molecular weight is 567 g/mol. The van der Waals surface area contributed by atoms with Crippen LogP contribution in [0.15, 0.2) is 89.5 Å². The quantitative estimate of drug-likeness (QED) is 0.201. The van der Waals surface area contributed by atoms with Crippen molar-refractivity contribution in [2.45, 2.75) is 13.0 Å². The van der Waals surface area contributed by atoms with Gasteiger partial charge in [0, 0.05) is 0 Å². The van der Waals surface area contributed by atoms with Crippen LogP contribution in [0, 0.1) is 0 Å². The first kappa shape index (κ1) is 24.5. The van der Waals surface area contributed by atoms with Gasteiger partial charge in [-0.15, -0.1) is 0 Å². The Bertz CT molecular complexity index is 1540. The number of nitrogens with zero attached hydrogens (tertiary/aromatic N) is 2. The van der Waals surface area contributed by atoms with Crippen LogP contribution in [0.3, 0.4) is 0 Å². The van der Waals surface area contributed by atoms with Gasteiger partial charge in [-0.05, 0) is 0 Å². The number of hydrogen-bond acceptors (Lipinski definition) is 4. The van der Waals surface area contributed by atoms with Crippen molar-refractivity contribution in [3.63, 3.8) is 0 Å². The Morgan fingerprint density at radius 1 is 1.00 bits per heavy atom. The fraction of sp³-hybridized carbons (Fsp3) is 0.179. The van der Waals surface area contributed by atoms with Gasteiger partial charge in [0.1, 0.15) is 0 Å². The molecule has 1 aromatic heterocycles. The summed E-state index contributed by atoms with van der Waals surface area (Å²) in [6.07, 6.45) is 2.57. The number of ether oxygens (including phenoxy) is 1. The third kappa shape index (κ3) is 5.47. The predicted molar refractivity (Wildman–Crippen MR) is 144 cm³/mol.